The lowest BCUT2D eigenvalue weighted by molar-refractivity contribution is -0.144. The van der Waals surface area contributed by atoms with Gasteiger partial charge in [0.05, 0.1) is 27.8 Å². The predicted molar refractivity (Wildman–Crippen MR) is 198 cm³/mol. The van der Waals surface area contributed by atoms with E-state index in [4.69, 9.17) is 9.72 Å². The maximum Gasteiger partial charge on any atom is 0.259 e. The molecule has 6 aliphatic rings. The van der Waals surface area contributed by atoms with Crippen LogP contribution in [0.5, 0.6) is 5.75 Å². The molecule has 3 saturated carbocycles. The number of hydrogen-bond acceptors (Lipinski definition) is 9. The van der Waals surface area contributed by atoms with Crippen LogP contribution < -0.4 is 19.5 Å². The Kier molecular flexibility index (Phi) is 8.96. The average molecular weight is 768 g/mol. The lowest BCUT2D eigenvalue weighted by Crippen LogP contribution is -2.70. The Balaban J connectivity index is 1.16. The van der Waals surface area contributed by atoms with Crippen molar-refractivity contribution >= 4 is 48.7 Å². The summed E-state index contributed by atoms with van der Waals surface area (Å²) in [5, 5.41) is 3.43. The number of amides is 3. The molecule has 0 radical (unpaired) electrons. The molecule has 8 rings (SSSR count). The Morgan fingerprint density at radius 1 is 1.00 bits per heavy atom. The van der Waals surface area contributed by atoms with Crippen LogP contribution in [0.25, 0.3) is 10.9 Å². The van der Waals surface area contributed by atoms with Gasteiger partial charge in [0.25, 0.3) is 5.91 Å². The summed E-state index contributed by atoms with van der Waals surface area (Å²) >= 11 is 0. The van der Waals surface area contributed by atoms with Gasteiger partial charge in [-0.05, 0) is 90.5 Å². The summed E-state index contributed by atoms with van der Waals surface area (Å²) in [4.78, 5) is 49.7. The van der Waals surface area contributed by atoms with Crippen molar-refractivity contribution in [1.29, 1.82) is 0 Å². The van der Waals surface area contributed by atoms with E-state index in [2.05, 4.69) is 14.8 Å². The number of nitrogens with zero attached hydrogens (tertiary/aromatic N) is 2. The summed E-state index contributed by atoms with van der Waals surface area (Å²) in [6.45, 7) is 3.51. The number of carbonyl (C=O) groups is 3. The second-order valence-corrected chi connectivity index (χ2v) is 20.7. The third kappa shape index (κ3) is 6.53. The molecule has 3 aliphatic carbocycles. The molecule has 4 fully saturated rings. The van der Waals surface area contributed by atoms with Crippen LogP contribution >= 0.6 is 0 Å². The van der Waals surface area contributed by atoms with Crippen LogP contribution in [0.2, 0.25) is 0 Å². The SMILES string of the molecule is Cc1nc2ccccc2c2c1OC1(CC2)CC2C(=O)NC3(C(=O)NS(=O)(=O)C4(C)CC4)CCC3C=CCCCCCC(NS(=O)(=O)C3CC3)C(=O)N2C1. The third-order valence-corrected chi connectivity index (χ3v) is 16.7. The number of pyridine rings is 1. The Morgan fingerprint density at radius 2 is 1.77 bits per heavy atom. The Morgan fingerprint density at radius 3 is 2.49 bits per heavy atom. The zero-order valence-corrected chi connectivity index (χ0v) is 32.0. The number of allylic oxidation sites excluding steroid dienone is 1. The van der Waals surface area contributed by atoms with E-state index in [0.717, 1.165) is 29.3 Å². The first-order valence-corrected chi connectivity index (χ1v) is 22.1. The van der Waals surface area contributed by atoms with E-state index in [-0.39, 0.29) is 25.8 Å². The number of fused-ring (bicyclic) bond motifs is 5. The summed E-state index contributed by atoms with van der Waals surface area (Å²) in [5.41, 5.74) is 0.0392. The Labute approximate surface area is 311 Å². The van der Waals surface area contributed by atoms with Gasteiger partial charge in [-0.1, -0.05) is 43.2 Å². The lowest BCUT2D eigenvalue weighted by Gasteiger charge is -2.48. The monoisotopic (exact) mass is 767 g/mol. The largest absolute Gasteiger partial charge is 0.483 e. The molecule has 1 saturated heterocycles. The fraction of sp³-hybridized carbons (Fsp3) is 0.632. The fourth-order valence-corrected chi connectivity index (χ4v) is 11.5. The van der Waals surface area contributed by atoms with Crippen molar-refractivity contribution in [2.45, 2.75) is 137 Å². The van der Waals surface area contributed by atoms with Crippen LogP contribution in [0.1, 0.15) is 102 Å². The molecule has 0 bridgehead atoms. The van der Waals surface area contributed by atoms with Crippen molar-refractivity contribution in [3.05, 3.63) is 47.7 Å². The van der Waals surface area contributed by atoms with Gasteiger partial charge in [-0.25, -0.2) is 26.5 Å². The summed E-state index contributed by atoms with van der Waals surface area (Å²) in [5.74, 6) is -1.71. The van der Waals surface area contributed by atoms with Crippen LogP contribution in [-0.4, -0.2) is 84.2 Å². The molecular formula is C38H49N5O8S2. The molecule has 3 N–H and O–H groups in total. The van der Waals surface area contributed by atoms with E-state index in [1.807, 2.05) is 43.3 Å². The molecule has 13 nitrogen and oxygen atoms in total. The van der Waals surface area contributed by atoms with Crippen molar-refractivity contribution in [1.82, 2.24) is 24.6 Å². The van der Waals surface area contributed by atoms with Crippen molar-refractivity contribution < 1.29 is 36.0 Å². The maximum absolute atomic E-state index is 14.7. The van der Waals surface area contributed by atoms with Crippen LogP contribution in [0.4, 0.5) is 0 Å². The molecule has 2 aromatic rings. The summed E-state index contributed by atoms with van der Waals surface area (Å²) in [6.07, 6.45) is 10.9. The van der Waals surface area contributed by atoms with Crippen molar-refractivity contribution in [2.24, 2.45) is 5.92 Å². The second-order valence-electron chi connectivity index (χ2n) is 16.5. The summed E-state index contributed by atoms with van der Waals surface area (Å²) in [7, 11) is -7.76. The van der Waals surface area contributed by atoms with Crippen LogP contribution in [0.15, 0.2) is 36.4 Å². The highest BCUT2D eigenvalue weighted by Crippen LogP contribution is 2.47. The topological polar surface area (TPSA) is 181 Å². The van der Waals surface area contributed by atoms with Crippen LogP contribution in [0.3, 0.4) is 0 Å². The predicted octanol–water partition coefficient (Wildman–Crippen LogP) is 3.44. The molecular weight excluding hydrogens is 719 g/mol. The van der Waals surface area contributed by atoms with Gasteiger partial charge in [0.15, 0.2) is 0 Å². The van der Waals surface area contributed by atoms with Crippen molar-refractivity contribution in [2.75, 3.05) is 6.54 Å². The van der Waals surface area contributed by atoms with Gasteiger partial charge >= 0.3 is 0 Å². The van der Waals surface area contributed by atoms with Gasteiger partial charge in [0, 0.05) is 23.3 Å². The van der Waals surface area contributed by atoms with E-state index >= 15 is 0 Å². The number of para-hydroxylation sites is 1. The highest BCUT2D eigenvalue weighted by Gasteiger charge is 2.59. The van der Waals surface area contributed by atoms with Gasteiger partial charge in [0.1, 0.15) is 29.0 Å². The molecule has 5 unspecified atom stereocenters. The first-order valence-electron chi connectivity index (χ1n) is 19.1. The number of nitrogens with one attached hydrogen (secondary N) is 3. The van der Waals surface area contributed by atoms with Crippen molar-refractivity contribution in [3.8, 4) is 5.75 Å². The normalized spacial score (nSPS) is 31.6. The highest BCUT2D eigenvalue weighted by atomic mass is 32.2. The molecule has 3 aliphatic heterocycles. The average Bonchev–Trinajstić information content (AvgIpc) is 4.05. The molecule has 1 spiro atoms. The standard InChI is InChI=1S/C38H49N5O8S2/c1-24-32-28(27-11-8-9-12-29(27)39-24)17-18-37(51-32)22-31-33(44)40-38(35(46)42-53(49,50)36(2)20-21-36)19-16-25(38)10-6-4-3-5-7-13-30(34(45)43(31)23-37)41-52(47,48)26-14-15-26/h6,8-12,25-26,30-31,41H,3-5,7,13-23H2,1-2H3,(H,40,44)(H,42,46). The molecule has 1 aromatic heterocycles. The minimum absolute atomic E-state index is 0.0343. The minimum atomic E-state index is -4.00. The molecule has 4 heterocycles. The van der Waals surface area contributed by atoms with Gasteiger partial charge in [-0.3, -0.25) is 19.1 Å². The van der Waals surface area contributed by atoms with E-state index in [1.165, 1.54) is 4.90 Å². The summed E-state index contributed by atoms with van der Waals surface area (Å²) < 4.78 is 63.9. The quantitative estimate of drug-likeness (QED) is 0.371. The number of carbonyl (C=O) groups excluding carboxylic acids is 3. The number of aromatic nitrogens is 1. The molecule has 5 atom stereocenters. The fourth-order valence-electron chi connectivity index (χ4n) is 8.66. The zero-order chi connectivity index (χ0) is 37.4. The summed E-state index contributed by atoms with van der Waals surface area (Å²) in [6, 6.07) is 5.66. The van der Waals surface area contributed by atoms with E-state index < -0.39 is 76.9 Å². The van der Waals surface area contributed by atoms with Gasteiger partial charge in [0.2, 0.25) is 31.9 Å². The number of aryl methyl sites for hydroxylation is 2. The number of benzene rings is 1. The lowest BCUT2D eigenvalue weighted by atomic mass is 9.65. The van der Waals surface area contributed by atoms with Gasteiger partial charge in [-0.2, -0.15) is 0 Å². The highest BCUT2D eigenvalue weighted by molar-refractivity contribution is 7.91. The number of ether oxygens (including phenoxy) is 1. The Bertz CT molecular complexity index is 2110. The molecule has 286 valence electrons. The smallest absolute Gasteiger partial charge is 0.259 e. The molecule has 1 aromatic carbocycles. The van der Waals surface area contributed by atoms with Crippen molar-refractivity contribution in [3.63, 3.8) is 0 Å². The van der Waals surface area contributed by atoms with Crippen LogP contribution in [-0.2, 0) is 40.9 Å². The van der Waals surface area contributed by atoms with E-state index in [1.54, 1.807) is 6.92 Å². The Hall–Kier alpha value is -3.56. The van der Waals surface area contributed by atoms with Gasteiger partial charge in [-0.15, -0.1) is 0 Å². The third-order valence-electron chi connectivity index (χ3n) is 12.6. The van der Waals surface area contributed by atoms with Gasteiger partial charge < -0.3 is 15.0 Å². The number of sulfonamides is 2. The molecule has 53 heavy (non-hydrogen) atoms. The number of rotatable bonds is 6. The number of hydrogen-bond donors (Lipinski definition) is 3. The van der Waals surface area contributed by atoms with E-state index in [9.17, 15) is 31.2 Å². The van der Waals surface area contributed by atoms with E-state index in [0.29, 0.717) is 69.2 Å². The molecule has 3 amide bonds. The van der Waals surface area contributed by atoms with Crippen LogP contribution in [0, 0.1) is 12.8 Å². The maximum atomic E-state index is 14.7. The minimum Gasteiger partial charge on any atom is -0.483 e. The first-order chi connectivity index (χ1) is 25.2. The zero-order valence-electron chi connectivity index (χ0n) is 30.4. The first kappa shape index (κ1) is 36.4. The second kappa shape index (κ2) is 13.0. The molecule has 15 heteroatoms.